The molecular formula is C18H21N3O2. The number of aromatic nitrogens is 3. The number of hydrogen-bond acceptors (Lipinski definition) is 2. The molecule has 23 heavy (non-hydrogen) atoms. The third-order valence-corrected chi connectivity index (χ3v) is 3.49. The first-order valence-electron chi connectivity index (χ1n) is 7.60. The van der Waals surface area contributed by atoms with Gasteiger partial charge in [0.05, 0.1) is 17.9 Å². The lowest BCUT2D eigenvalue weighted by Gasteiger charge is -2.18. The number of rotatable bonds is 5. The van der Waals surface area contributed by atoms with E-state index in [-0.39, 0.29) is 6.04 Å². The summed E-state index contributed by atoms with van der Waals surface area (Å²) in [6, 6.07) is 11.2. The first kappa shape index (κ1) is 16.5. The molecule has 0 bridgehead atoms. The maximum Gasteiger partial charge on any atom is 0.335 e. The van der Waals surface area contributed by atoms with Crippen LogP contribution in [-0.2, 0) is 0 Å². The predicted octanol–water partition coefficient (Wildman–Crippen LogP) is 3.99. The smallest absolute Gasteiger partial charge is 0.335 e. The van der Waals surface area contributed by atoms with E-state index in [1.54, 1.807) is 24.7 Å². The Morgan fingerprint density at radius 1 is 1.26 bits per heavy atom. The quantitative estimate of drug-likeness (QED) is 0.748. The van der Waals surface area contributed by atoms with Gasteiger partial charge in [-0.2, -0.15) is 0 Å². The highest BCUT2D eigenvalue weighted by Crippen LogP contribution is 2.23. The number of carboxylic acid groups (broad SMARTS) is 1. The average Bonchev–Trinajstić information content (AvgIpc) is 3.28. The fourth-order valence-electron chi connectivity index (χ4n) is 2.34. The van der Waals surface area contributed by atoms with Crippen molar-refractivity contribution in [1.29, 1.82) is 0 Å². The van der Waals surface area contributed by atoms with Gasteiger partial charge in [0.2, 0.25) is 0 Å². The summed E-state index contributed by atoms with van der Waals surface area (Å²) in [4.78, 5) is 17.7. The maximum absolute atomic E-state index is 10.8. The molecule has 5 heteroatoms. The van der Waals surface area contributed by atoms with Crippen LogP contribution in [0.1, 0.15) is 41.7 Å². The van der Waals surface area contributed by atoms with Gasteiger partial charge in [0, 0.05) is 24.8 Å². The number of nitrogens with one attached hydrogen (secondary N) is 1. The SMILES string of the molecule is CCCC(c1ccc(C(=O)O)cc1)n1ccnc1.c1cc[nH]c1. The Morgan fingerprint density at radius 3 is 2.39 bits per heavy atom. The molecular weight excluding hydrogens is 290 g/mol. The molecule has 3 aromatic rings. The molecule has 2 N–H and O–H groups in total. The summed E-state index contributed by atoms with van der Waals surface area (Å²) in [5.41, 5.74) is 1.43. The molecule has 0 fully saturated rings. The van der Waals surface area contributed by atoms with Gasteiger partial charge >= 0.3 is 5.97 Å². The normalized spacial score (nSPS) is 11.3. The van der Waals surface area contributed by atoms with Crippen LogP contribution in [0.3, 0.4) is 0 Å². The fraction of sp³-hybridized carbons (Fsp3) is 0.222. The summed E-state index contributed by atoms with van der Waals surface area (Å²) >= 11 is 0. The van der Waals surface area contributed by atoms with Crippen LogP contribution in [-0.4, -0.2) is 25.6 Å². The minimum Gasteiger partial charge on any atom is -0.478 e. The van der Waals surface area contributed by atoms with Crippen LogP contribution < -0.4 is 0 Å². The second kappa shape index (κ2) is 8.58. The van der Waals surface area contributed by atoms with Crippen LogP contribution in [0.5, 0.6) is 0 Å². The third-order valence-electron chi connectivity index (χ3n) is 3.49. The number of imidazole rings is 1. The highest BCUT2D eigenvalue weighted by molar-refractivity contribution is 5.87. The Morgan fingerprint density at radius 2 is 1.96 bits per heavy atom. The van der Waals surface area contributed by atoms with Gasteiger partial charge in [-0.1, -0.05) is 25.5 Å². The first-order valence-corrected chi connectivity index (χ1v) is 7.60. The summed E-state index contributed by atoms with van der Waals surface area (Å²) < 4.78 is 2.05. The number of benzene rings is 1. The zero-order valence-electron chi connectivity index (χ0n) is 13.1. The van der Waals surface area contributed by atoms with Gasteiger partial charge in [0.25, 0.3) is 0 Å². The van der Waals surface area contributed by atoms with Gasteiger partial charge in [-0.3, -0.25) is 0 Å². The van der Waals surface area contributed by atoms with E-state index in [9.17, 15) is 4.79 Å². The molecule has 0 saturated carbocycles. The van der Waals surface area contributed by atoms with E-state index in [0.717, 1.165) is 18.4 Å². The lowest BCUT2D eigenvalue weighted by molar-refractivity contribution is 0.0697. The Kier molecular flexibility index (Phi) is 6.17. The average molecular weight is 311 g/mol. The van der Waals surface area contributed by atoms with Crippen molar-refractivity contribution in [1.82, 2.24) is 14.5 Å². The van der Waals surface area contributed by atoms with Crippen molar-refractivity contribution in [2.45, 2.75) is 25.8 Å². The Bertz CT molecular complexity index is 656. The second-order valence-corrected chi connectivity index (χ2v) is 5.13. The largest absolute Gasteiger partial charge is 0.478 e. The Labute approximate surface area is 135 Å². The highest BCUT2D eigenvalue weighted by atomic mass is 16.4. The number of carboxylic acids is 1. The number of hydrogen-bond donors (Lipinski definition) is 2. The molecule has 1 aromatic carbocycles. The van der Waals surface area contributed by atoms with E-state index in [0.29, 0.717) is 5.56 Å². The Hall–Kier alpha value is -2.82. The van der Waals surface area contributed by atoms with Gasteiger partial charge in [0.15, 0.2) is 0 Å². The van der Waals surface area contributed by atoms with Crippen LogP contribution >= 0.6 is 0 Å². The van der Waals surface area contributed by atoms with E-state index in [2.05, 4.69) is 21.5 Å². The van der Waals surface area contributed by atoms with Gasteiger partial charge < -0.3 is 14.7 Å². The molecule has 3 rings (SSSR count). The summed E-state index contributed by atoms with van der Waals surface area (Å²) in [5, 5.41) is 8.89. The lowest BCUT2D eigenvalue weighted by atomic mass is 10.0. The second-order valence-electron chi connectivity index (χ2n) is 5.13. The Balaban J connectivity index is 0.000000326. The molecule has 1 atom stereocenters. The minimum absolute atomic E-state index is 0.223. The third kappa shape index (κ3) is 4.85. The van der Waals surface area contributed by atoms with Crippen LogP contribution in [0.2, 0.25) is 0 Å². The molecule has 0 aliphatic carbocycles. The molecule has 5 nitrogen and oxygen atoms in total. The zero-order valence-corrected chi connectivity index (χ0v) is 13.1. The number of aromatic carboxylic acids is 1. The zero-order chi connectivity index (χ0) is 16.5. The minimum atomic E-state index is -0.892. The molecule has 0 amide bonds. The van der Waals surface area contributed by atoms with Crippen molar-refractivity contribution in [2.24, 2.45) is 0 Å². The summed E-state index contributed by atoms with van der Waals surface area (Å²) in [6.45, 7) is 2.13. The molecule has 1 unspecified atom stereocenters. The van der Waals surface area contributed by atoms with Gasteiger partial charge in [-0.05, 0) is 36.2 Å². The number of H-pyrrole nitrogens is 1. The van der Waals surface area contributed by atoms with Crippen molar-refractivity contribution in [3.63, 3.8) is 0 Å². The van der Waals surface area contributed by atoms with Crippen LogP contribution in [0, 0.1) is 0 Å². The standard InChI is InChI=1S/C14H16N2O2.C4H5N/c1-2-3-13(16-9-8-15-10-16)11-4-6-12(7-5-11)14(17)18;1-2-4-5-3-1/h4-10,13H,2-3H2,1H3,(H,17,18);1-5H. The van der Waals surface area contributed by atoms with E-state index in [1.165, 1.54) is 0 Å². The van der Waals surface area contributed by atoms with Crippen molar-refractivity contribution >= 4 is 5.97 Å². The highest BCUT2D eigenvalue weighted by Gasteiger charge is 2.12. The number of nitrogens with zero attached hydrogens (tertiary/aromatic N) is 2. The monoisotopic (exact) mass is 311 g/mol. The molecule has 0 radical (unpaired) electrons. The van der Waals surface area contributed by atoms with E-state index >= 15 is 0 Å². The molecule has 120 valence electrons. The van der Waals surface area contributed by atoms with Crippen molar-refractivity contribution in [2.75, 3.05) is 0 Å². The van der Waals surface area contributed by atoms with Crippen molar-refractivity contribution in [3.05, 3.63) is 78.6 Å². The van der Waals surface area contributed by atoms with Crippen LogP contribution in [0.4, 0.5) is 0 Å². The van der Waals surface area contributed by atoms with E-state index in [4.69, 9.17) is 5.11 Å². The molecule has 0 saturated heterocycles. The van der Waals surface area contributed by atoms with Gasteiger partial charge in [0.1, 0.15) is 0 Å². The molecule has 2 aromatic heterocycles. The lowest BCUT2D eigenvalue weighted by Crippen LogP contribution is -2.09. The molecule has 0 spiro atoms. The predicted molar refractivity (Wildman–Crippen MR) is 89.5 cm³/mol. The van der Waals surface area contributed by atoms with Gasteiger partial charge in [-0.15, -0.1) is 0 Å². The maximum atomic E-state index is 10.8. The first-order chi connectivity index (χ1) is 11.2. The topological polar surface area (TPSA) is 70.9 Å². The van der Waals surface area contributed by atoms with Crippen molar-refractivity contribution < 1.29 is 9.90 Å². The van der Waals surface area contributed by atoms with E-state index < -0.39 is 5.97 Å². The molecule has 0 aliphatic heterocycles. The summed E-state index contributed by atoms with van der Waals surface area (Å²) in [5.74, 6) is -0.892. The molecule has 0 aliphatic rings. The van der Waals surface area contributed by atoms with Gasteiger partial charge in [-0.25, -0.2) is 9.78 Å². The number of aromatic amines is 1. The van der Waals surface area contributed by atoms with E-state index in [1.807, 2.05) is 42.9 Å². The summed E-state index contributed by atoms with van der Waals surface area (Å²) in [7, 11) is 0. The summed E-state index contributed by atoms with van der Waals surface area (Å²) in [6.07, 6.45) is 11.3. The fourth-order valence-corrected chi connectivity index (χ4v) is 2.34. The van der Waals surface area contributed by atoms with Crippen LogP contribution in [0.15, 0.2) is 67.5 Å². The van der Waals surface area contributed by atoms with Crippen molar-refractivity contribution in [3.8, 4) is 0 Å². The van der Waals surface area contributed by atoms with Crippen LogP contribution in [0.25, 0.3) is 0 Å². The number of carbonyl (C=O) groups is 1. The molecule has 2 heterocycles.